The van der Waals surface area contributed by atoms with Gasteiger partial charge in [-0.2, -0.15) is 5.10 Å². The number of hydrogen-bond acceptors (Lipinski definition) is 5. The lowest BCUT2D eigenvalue weighted by Gasteiger charge is -2.32. The molecule has 0 atom stereocenters. The Labute approximate surface area is 192 Å². The predicted molar refractivity (Wildman–Crippen MR) is 130 cm³/mol. The van der Waals surface area contributed by atoms with Crippen LogP contribution in [0.1, 0.15) is 30.4 Å². The molecule has 172 valence electrons. The van der Waals surface area contributed by atoms with Gasteiger partial charge in [0.25, 0.3) is 0 Å². The third kappa shape index (κ3) is 4.14. The minimum Gasteiger partial charge on any atom is -0.496 e. The SMILES string of the molecule is COc1ccc(-c2ccc3c(c2)c(C)cc2n[nH]c(=O)n23)cc1CN1CCC(CCO)CC1. The van der Waals surface area contributed by atoms with Crippen LogP contribution < -0.4 is 10.4 Å². The molecule has 0 spiro atoms. The fourth-order valence-electron chi connectivity index (χ4n) is 5.08. The van der Waals surface area contributed by atoms with Gasteiger partial charge in [0.05, 0.1) is 12.6 Å². The number of aromatic amines is 1. The Morgan fingerprint density at radius 2 is 1.88 bits per heavy atom. The van der Waals surface area contributed by atoms with E-state index in [9.17, 15) is 9.90 Å². The molecule has 7 nitrogen and oxygen atoms in total. The monoisotopic (exact) mass is 446 g/mol. The maximum atomic E-state index is 12.2. The third-order valence-corrected chi connectivity index (χ3v) is 6.96. The van der Waals surface area contributed by atoms with Crippen LogP contribution in [0.5, 0.6) is 5.75 Å². The Morgan fingerprint density at radius 1 is 1.12 bits per heavy atom. The molecule has 2 aromatic carbocycles. The number of H-pyrrole nitrogens is 1. The largest absolute Gasteiger partial charge is 0.496 e. The van der Waals surface area contributed by atoms with Crippen LogP contribution in [0.2, 0.25) is 0 Å². The number of nitrogens with zero attached hydrogens (tertiary/aromatic N) is 3. The van der Waals surface area contributed by atoms with Crippen molar-refractivity contribution in [3.8, 4) is 16.9 Å². The van der Waals surface area contributed by atoms with Crippen molar-refractivity contribution in [3.05, 3.63) is 64.1 Å². The van der Waals surface area contributed by atoms with Crippen molar-refractivity contribution >= 4 is 16.6 Å². The van der Waals surface area contributed by atoms with E-state index in [1.54, 1.807) is 11.5 Å². The second-order valence-corrected chi connectivity index (χ2v) is 9.04. The molecule has 33 heavy (non-hydrogen) atoms. The summed E-state index contributed by atoms with van der Waals surface area (Å²) in [7, 11) is 1.72. The number of aliphatic hydroxyl groups is 1. The highest BCUT2D eigenvalue weighted by atomic mass is 16.5. The van der Waals surface area contributed by atoms with Crippen LogP contribution in [0.25, 0.3) is 27.7 Å². The molecule has 0 unspecified atom stereocenters. The van der Waals surface area contributed by atoms with Crippen molar-refractivity contribution in [1.82, 2.24) is 19.5 Å². The molecule has 1 aliphatic rings. The molecule has 1 aliphatic heterocycles. The Balaban J connectivity index is 1.47. The van der Waals surface area contributed by atoms with E-state index >= 15 is 0 Å². The molecule has 0 saturated carbocycles. The quantitative estimate of drug-likeness (QED) is 0.471. The van der Waals surface area contributed by atoms with Crippen molar-refractivity contribution in [3.63, 3.8) is 0 Å². The second-order valence-electron chi connectivity index (χ2n) is 9.04. The van der Waals surface area contributed by atoms with Gasteiger partial charge in [-0.3, -0.25) is 4.90 Å². The van der Waals surface area contributed by atoms with Crippen molar-refractivity contribution < 1.29 is 9.84 Å². The summed E-state index contributed by atoms with van der Waals surface area (Å²) >= 11 is 0. The summed E-state index contributed by atoms with van der Waals surface area (Å²) in [6.45, 7) is 5.27. The van der Waals surface area contributed by atoms with Gasteiger partial charge in [0.15, 0.2) is 5.65 Å². The molecule has 2 aromatic heterocycles. The van der Waals surface area contributed by atoms with E-state index in [2.05, 4.69) is 39.4 Å². The number of aromatic nitrogens is 3. The maximum absolute atomic E-state index is 12.2. The molecule has 0 aliphatic carbocycles. The van der Waals surface area contributed by atoms with Gasteiger partial charge in [0, 0.05) is 24.1 Å². The van der Waals surface area contributed by atoms with Crippen LogP contribution in [-0.2, 0) is 6.54 Å². The van der Waals surface area contributed by atoms with Gasteiger partial charge >= 0.3 is 5.69 Å². The highest BCUT2D eigenvalue weighted by Gasteiger charge is 2.20. The van der Waals surface area contributed by atoms with Gasteiger partial charge < -0.3 is 9.84 Å². The normalized spacial score (nSPS) is 15.5. The number of methoxy groups -OCH3 is 1. The molecular formula is C26H30N4O3. The van der Waals surface area contributed by atoms with Gasteiger partial charge in [-0.25, -0.2) is 14.3 Å². The number of nitrogens with one attached hydrogen (secondary N) is 1. The first-order valence-corrected chi connectivity index (χ1v) is 11.6. The molecule has 5 rings (SSSR count). The third-order valence-electron chi connectivity index (χ3n) is 6.96. The topological polar surface area (TPSA) is 82.9 Å². The van der Waals surface area contributed by atoms with E-state index in [1.165, 1.54) is 5.56 Å². The summed E-state index contributed by atoms with van der Waals surface area (Å²) in [6, 6.07) is 14.5. The summed E-state index contributed by atoms with van der Waals surface area (Å²) in [5.41, 5.74) is 5.75. The number of pyridine rings is 1. The number of hydrogen-bond donors (Lipinski definition) is 2. The fraction of sp³-hybridized carbons (Fsp3) is 0.385. The standard InChI is InChI=1S/C26H30N4O3/c1-17-13-25-27-28-26(32)30(25)23-5-3-20(15-22(17)23)19-4-6-24(33-2)21(14-19)16-29-10-7-18(8-11-29)9-12-31/h3-6,13-15,18,31H,7-12,16H2,1-2H3,(H,28,32). The number of aryl methyl sites for hydroxylation is 1. The zero-order valence-corrected chi connectivity index (χ0v) is 19.2. The molecule has 0 bridgehead atoms. The molecule has 2 N–H and O–H groups in total. The lowest BCUT2D eigenvalue weighted by atomic mass is 9.93. The summed E-state index contributed by atoms with van der Waals surface area (Å²) in [6.07, 6.45) is 3.17. The molecule has 0 radical (unpaired) electrons. The highest BCUT2D eigenvalue weighted by molar-refractivity contribution is 5.89. The van der Waals surface area contributed by atoms with E-state index in [-0.39, 0.29) is 12.3 Å². The Bertz CT molecular complexity index is 1350. The van der Waals surface area contributed by atoms with Crippen LogP contribution in [-0.4, -0.2) is 51.4 Å². The lowest BCUT2D eigenvalue weighted by molar-refractivity contribution is 0.152. The Hall–Kier alpha value is -3.16. The molecular weight excluding hydrogens is 416 g/mol. The average Bonchev–Trinajstić information content (AvgIpc) is 3.20. The van der Waals surface area contributed by atoms with Gasteiger partial charge in [0.2, 0.25) is 0 Å². The van der Waals surface area contributed by atoms with Crippen LogP contribution in [0.3, 0.4) is 0 Å². The van der Waals surface area contributed by atoms with Gasteiger partial charge in [0.1, 0.15) is 5.75 Å². The second kappa shape index (κ2) is 9.00. The summed E-state index contributed by atoms with van der Waals surface area (Å²) in [5, 5.41) is 16.9. The number of aliphatic hydroxyl groups excluding tert-OH is 1. The Morgan fingerprint density at radius 3 is 2.64 bits per heavy atom. The van der Waals surface area contributed by atoms with Crippen LogP contribution >= 0.6 is 0 Å². The number of benzene rings is 2. The van der Waals surface area contributed by atoms with Crippen molar-refractivity contribution in [1.29, 1.82) is 0 Å². The first-order chi connectivity index (χ1) is 16.1. The number of piperidine rings is 1. The molecule has 1 saturated heterocycles. The number of rotatable bonds is 6. The van der Waals surface area contributed by atoms with Crippen LogP contribution in [0, 0.1) is 12.8 Å². The zero-order chi connectivity index (χ0) is 22.9. The van der Waals surface area contributed by atoms with E-state index < -0.39 is 0 Å². The smallest absolute Gasteiger partial charge is 0.348 e. The molecule has 7 heteroatoms. The maximum Gasteiger partial charge on any atom is 0.348 e. The van der Waals surface area contributed by atoms with Crippen LogP contribution in [0.15, 0.2) is 47.3 Å². The fourth-order valence-corrected chi connectivity index (χ4v) is 5.08. The first-order valence-electron chi connectivity index (χ1n) is 11.6. The van der Waals surface area contributed by atoms with E-state index in [4.69, 9.17) is 4.74 Å². The van der Waals surface area contributed by atoms with Gasteiger partial charge in [-0.1, -0.05) is 12.1 Å². The summed E-state index contributed by atoms with van der Waals surface area (Å²) in [4.78, 5) is 14.7. The zero-order valence-electron chi connectivity index (χ0n) is 19.2. The first kappa shape index (κ1) is 21.7. The molecule has 3 heterocycles. The van der Waals surface area contributed by atoms with Gasteiger partial charge in [-0.15, -0.1) is 0 Å². The van der Waals surface area contributed by atoms with E-state index in [0.717, 1.165) is 72.2 Å². The van der Waals surface area contributed by atoms with Gasteiger partial charge in [-0.05, 0) is 92.2 Å². The van der Waals surface area contributed by atoms with E-state index in [0.29, 0.717) is 11.6 Å². The lowest BCUT2D eigenvalue weighted by Crippen LogP contribution is -2.33. The van der Waals surface area contributed by atoms with Crippen LogP contribution in [0.4, 0.5) is 0 Å². The number of fused-ring (bicyclic) bond motifs is 3. The minimum atomic E-state index is -0.225. The molecule has 4 aromatic rings. The molecule has 0 amide bonds. The number of likely N-dealkylation sites (tertiary alicyclic amines) is 1. The number of ether oxygens (including phenoxy) is 1. The Kier molecular flexibility index (Phi) is 5.91. The molecule has 1 fully saturated rings. The predicted octanol–water partition coefficient (Wildman–Crippen LogP) is 3.75. The average molecular weight is 447 g/mol. The summed E-state index contributed by atoms with van der Waals surface area (Å²) in [5.74, 6) is 1.54. The highest BCUT2D eigenvalue weighted by Crippen LogP contribution is 2.32. The summed E-state index contributed by atoms with van der Waals surface area (Å²) < 4.78 is 7.29. The van der Waals surface area contributed by atoms with Crippen molar-refractivity contribution in [2.24, 2.45) is 5.92 Å². The minimum absolute atomic E-state index is 0.225. The van der Waals surface area contributed by atoms with E-state index in [1.807, 2.05) is 25.1 Å². The van der Waals surface area contributed by atoms with Crippen molar-refractivity contribution in [2.75, 3.05) is 26.8 Å². The van der Waals surface area contributed by atoms with Crippen molar-refractivity contribution in [2.45, 2.75) is 32.7 Å².